The Bertz CT molecular complexity index is 1020. The number of allylic oxidation sites excluding steroid dienone is 5. The molecule has 0 N–H and O–H groups in total. The molecule has 0 saturated carbocycles. The Labute approximate surface area is 174 Å². The molecular weight excluding hydrogens is 356 g/mol. The first kappa shape index (κ1) is 20.5. The number of rotatable bonds is 5. The maximum absolute atomic E-state index is 11.9. The highest BCUT2D eigenvalue weighted by molar-refractivity contribution is 6.03. The highest BCUT2D eigenvalue weighted by Crippen LogP contribution is 2.39. The van der Waals surface area contributed by atoms with Gasteiger partial charge in [-0.3, -0.25) is 9.69 Å². The fraction of sp³-hybridized carbons (Fsp3) is 0.231. The van der Waals surface area contributed by atoms with E-state index in [1.165, 1.54) is 22.5 Å². The van der Waals surface area contributed by atoms with Crippen LogP contribution in [-0.2, 0) is 10.2 Å². The molecule has 0 unspecified atom stereocenters. The molecule has 2 aromatic carbocycles. The van der Waals surface area contributed by atoms with Crippen LogP contribution in [0.2, 0.25) is 0 Å². The molecule has 0 spiro atoms. The van der Waals surface area contributed by atoms with E-state index in [1.54, 1.807) is 18.0 Å². The maximum atomic E-state index is 11.9. The lowest BCUT2D eigenvalue weighted by Crippen LogP contribution is -2.26. The van der Waals surface area contributed by atoms with Crippen molar-refractivity contribution in [1.82, 2.24) is 0 Å². The number of carbonyl (C=O) groups excluding carboxylic acids is 1. The second kappa shape index (κ2) is 8.44. The summed E-state index contributed by atoms with van der Waals surface area (Å²) >= 11 is 0. The van der Waals surface area contributed by atoms with Crippen molar-refractivity contribution in [3.63, 3.8) is 0 Å². The number of amides is 1. The van der Waals surface area contributed by atoms with Crippen LogP contribution in [0, 0.1) is 6.92 Å². The largest absolute Gasteiger partial charge is 0.288 e. The van der Waals surface area contributed by atoms with E-state index in [4.69, 9.17) is 0 Å². The van der Waals surface area contributed by atoms with Crippen LogP contribution >= 0.6 is 0 Å². The highest BCUT2D eigenvalue weighted by Gasteiger charge is 2.42. The number of aryl methyl sites for hydroxylation is 1. The second-order valence-corrected chi connectivity index (χ2v) is 7.90. The summed E-state index contributed by atoms with van der Waals surface area (Å²) in [6, 6.07) is 16.3. The molecule has 0 saturated heterocycles. The second-order valence-electron chi connectivity index (χ2n) is 7.90. The normalized spacial score (nSPS) is 15.6. The fourth-order valence-corrected chi connectivity index (χ4v) is 3.82. The Balaban J connectivity index is 1.73. The molecule has 1 aliphatic rings. The molecule has 0 atom stereocenters. The third-order valence-electron chi connectivity index (χ3n) is 5.38. The lowest BCUT2D eigenvalue weighted by Gasteiger charge is -2.15. The molecule has 29 heavy (non-hydrogen) atoms. The SMILES string of the molecule is CC(=O)N(/C=C/C=C/C=C/C1=[N+](C)c2ccc(C)cc2C1(C)C)c1ccccc1. The van der Waals surface area contributed by atoms with Gasteiger partial charge in [-0.05, 0) is 45.0 Å². The van der Waals surface area contributed by atoms with E-state index in [-0.39, 0.29) is 11.3 Å². The molecule has 148 valence electrons. The molecule has 2 aromatic rings. The van der Waals surface area contributed by atoms with Gasteiger partial charge in [0.2, 0.25) is 11.6 Å². The van der Waals surface area contributed by atoms with Crippen molar-refractivity contribution in [2.24, 2.45) is 0 Å². The van der Waals surface area contributed by atoms with Crippen molar-refractivity contribution in [1.29, 1.82) is 0 Å². The number of para-hydroxylation sites is 1. The first-order chi connectivity index (χ1) is 13.8. The van der Waals surface area contributed by atoms with Crippen LogP contribution in [-0.4, -0.2) is 23.2 Å². The molecule has 1 amide bonds. The third kappa shape index (κ3) is 4.29. The smallest absolute Gasteiger partial charge is 0.227 e. The molecule has 1 aliphatic heterocycles. The average Bonchev–Trinajstić information content (AvgIpc) is 2.87. The van der Waals surface area contributed by atoms with E-state index in [1.807, 2.05) is 48.6 Å². The van der Waals surface area contributed by atoms with Gasteiger partial charge in [0, 0.05) is 36.5 Å². The van der Waals surface area contributed by atoms with Crippen molar-refractivity contribution >= 4 is 23.0 Å². The standard InChI is InChI=1S/C26H29N2O/c1-20-16-17-24-23(19-20)26(3,4)25(27(24)5)15-11-6-7-12-18-28(21(2)29)22-13-9-8-10-14-22/h6-19H,1-5H3/q+1. The summed E-state index contributed by atoms with van der Waals surface area (Å²) in [7, 11) is 2.12. The van der Waals surface area contributed by atoms with Gasteiger partial charge in [0.1, 0.15) is 7.05 Å². The zero-order valence-corrected chi connectivity index (χ0v) is 17.9. The molecular formula is C26H29N2O+. The summed E-state index contributed by atoms with van der Waals surface area (Å²) < 4.78 is 2.27. The minimum atomic E-state index is -0.0327. The first-order valence-corrected chi connectivity index (χ1v) is 9.91. The van der Waals surface area contributed by atoms with Crippen molar-refractivity contribution in [3.8, 4) is 0 Å². The van der Waals surface area contributed by atoms with E-state index in [2.05, 4.69) is 62.7 Å². The van der Waals surface area contributed by atoms with Gasteiger partial charge in [0.25, 0.3) is 0 Å². The monoisotopic (exact) mass is 385 g/mol. The van der Waals surface area contributed by atoms with Gasteiger partial charge in [-0.2, -0.15) is 4.58 Å². The first-order valence-electron chi connectivity index (χ1n) is 9.91. The zero-order chi connectivity index (χ0) is 21.0. The molecule has 0 bridgehead atoms. The summed E-state index contributed by atoms with van der Waals surface area (Å²) in [5, 5.41) is 0. The number of benzene rings is 2. The number of carbonyl (C=O) groups is 1. The number of hydrogen-bond acceptors (Lipinski definition) is 1. The van der Waals surface area contributed by atoms with E-state index in [0.29, 0.717) is 0 Å². The van der Waals surface area contributed by atoms with Gasteiger partial charge in [0.15, 0.2) is 5.71 Å². The van der Waals surface area contributed by atoms with E-state index in [9.17, 15) is 4.79 Å². The minimum absolute atomic E-state index is 0.0191. The molecule has 1 heterocycles. The fourth-order valence-electron chi connectivity index (χ4n) is 3.82. The van der Waals surface area contributed by atoms with Crippen LogP contribution in [0.4, 0.5) is 11.4 Å². The Morgan fingerprint density at radius 3 is 2.38 bits per heavy atom. The van der Waals surface area contributed by atoms with Gasteiger partial charge in [0.05, 0.1) is 5.41 Å². The van der Waals surface area contributed by atoms with Crippen molar-refractivity contribution in [2.45, 2.75) is 33.1 Å². The van der Waals surface area contributed by atoms with Gasteiger partial charge in [-0.25, -0.2) is 0 Å². The van der Waals surface area contributed by atoms with Gasteiger partial charge in [-0.1, -0.05) is 48.1 Å². The van der Waals surface area contributed by atoms with E-state index in [0.717, 1.165) is 5.69 Å². The summed E-state index contributed by atoms with van der Waals surface area (Å²) in [6.45, 7) is 8.24. The number of fused-ring (bicyclic) bond motifs is 1. The predicted octanol–water partition coefficient (Wildman–Crippen LogP) is 5.68. The van der Waals surface area contributed by atoms with Gasteiger partial charge >= 0.3 is 0 Å². The van der Waals surface area contributed by atoms with Crippen molar-refractivity contribution < 1.29 is 9.37 Å². The van der Waals surface area contributed by atoms with Crippen LogP contribution in [0.25, 0.3) is 0 Å². The predicted molar refractivity (Wildman–Crippen MR) is 122 cm³/mol. The molecule has 3 nitrogen and oxygen atoms in total. The topological polar surface area (TPSA) is 23.3 Å². The lowest BCUT2D eigenvalue weighted by atomic mass is 9.81. The van der Waals surface area contributed by atoms with Crippen LogP contribution in [0.3, 0.4) is 0 Å². The maximum Gasteiger partial charge on any atom is 0.227 e. The quantitative estimate of drug-likeness (QED) is 0.480. The number of anilines is 1. The van der Waals surface area contributed by atoms with Crippen molar-refractivity contribution in [2.75, 3.05) is 11.9 Å². The molecule has 3 heteroatoms. The lowest BCUT2D eigenvalue weighted by molar-refractivity contribution is -0.401. The molecule has 3 rings (SSSR count). The molecule has 0 fully saturated rings. The number of nitrogens with zero attached hydrogens (tertiary/aromatic N) is 2. The Hall–Kier alpha value is -3.20. The molecule has 0 aliphatic carbocycles. The Kier molecular flexibility index (Phi) is 5.97. The van der Waals surface area contributed by atoms with E-state index >= 15 is 0 Å². The summed E-state index contributed by atoms with van der Waals surface area (Å²) in [5.41, 5.74) is 6.01. The van der Waals surface area contributed by atoms with Gasteiger partial charge in [-0.15, -0.1) is 0 Å². The minimum Gasteiger partial charge on any atom is -0.288 e. The summed E-state index contributed by atoms with van der Waals surface area (Å²) in [4.78, 5) is 13.5. The third-order valence-corrected chi connectivity index (χ3v) is 5.38. The average molecular weight is 386 g/mol. The Morgan fingerprint density at radius 2 is 1.69 bits per heavy atom. The van der Waals surface area contributed by atoms with Crippen LogP contribution in [0.15, 0.2) is 85.1 Å². The van der Waals surface area contributed by atoms with E-state index < -0.39 is 0 Å². The summed E-state index contributed by atoms with van der Waals surface area (Å²) in [6.07, 6.45) is 11.8. The Morgan fingerprint density at radius 1 is 1.00 bits per heavy atom. The number of hydrogen-bond donors (Lipinski definition) is 0. The van der Waals surface area contributed by atoms with Crippen molar-refractivity contribution in [3.05, 3.63) is 96.2 Å². The molecule has 0 aromatic heterocycles. The summed E-state index contributed by atoms with van der Waals surface area (Å²) in [5.74, 6) is -0.0191. The highest BCUT2D eigenvalue weighted by atomic mass is 16.2. The zero-order valence-electron chi connectivity index (χ0n) is 17.9. The van der Waals surface area contributed by atoms with Gasteiger partial charge < -0.3 is 0 Å². The van der Waals surface area contributed by atoms with Crippen LogP contribution in [0.1, 0.15) is 31.9 Å². The van der Waals surface area contributed by atoms with Crippen LogP contribution in [0.5, 0.6) is 0 Å². The molecule has 0 radical (unpaired) electrons. The van der Waals surface area contributed by atoms with Crippen LogP contribution < -0.4 is 4.90 Å².